The molecule has 1 aromatic heterocycles. The highest BCUT2D eigenvalue weighted by atomic mass is 32.2. The molecule has 0 radical (unpaired) electrons. The van der Waals surface area contributed by atoms with Crippen molar-refractivity contribution >= 4 is 46.5 Å². The summed E-state index contributed by atoms with van der Waals surface area (Å²) in [6.07, 6.45) is 1.24. The van der Waals surface area contributed by atoms with Gasteiger partial charge in [0.15, 0.2) is 0 Å². The van der Waals surface area contributed by atoms with E-state index in [4.69, 9.17) is 9.47 Å². The summed E-state index contributed by atoms with van der Waals surface area (Å²) in [6, 6.07) is 4.71. The molecular formula is C27H38N4O6S. The minimum Gasteiger partial charge on any atom is -0.467 e. The lowest BCUT2D eigenvalue weighted by Gasteiger charge is -2.25. The van der Waals surface area contributed by atoms with Crippen LogP contribution in [-0.4, -0.2) is 71.2 Å². The monoisotopic (exact) mass is 546 g/mol. The molecule has 0 saturated heterocycles. The number of hydrogen-bond donors (Lipinski definition) is 4. The molecule has 0 bridgehead atoms. The zero-order valence-corrected chi connectivity index (χ0v) is 23.6. The van der Waals surface area contributed by atoms with Crippen LogP contribution in [0.2, 0.25) is 0 Å². The number of carbonyl (C=O) groups excluding carboxylic acids is 4. The Kier molecular flexibility index (Phi) is 11.2. The van der Waals surface area contributed by atoms with E-state index < -0.39 is 47.6 Å². The van der Waals surface area contributed by atoms with Crippen molar-refractivity contribution < 1.29 is 28.7 Å². The molecule has 2 aromatic rings. The van der Waals surface area contributed by atoms with Crippen LogP contribution in [0.4, 0.5) is 4.79 Å². The van der Waals surface area contributed by atoms with Gasteiger partial charge < -0.3 is 30.4 Å². The Morgan fingerprint density at radius 2 is 1.74 bits per heavy atom. The largest absolute Gasteiger partial charge is 0.467 e. The number of para-hydroxylation sites is 1. The van der Waals surface area contributed by atoms with E-state index in [-0.39, 0.29) is 12.2 Å². The van der Waals surface area contributed by atoms with Gasteiger partial charge in [0.05, 0.1) is 7.11 Å². The molecule has 4 N–H and O–H groups in total. The van der Waals surface area contributed by atoms with Crippen LogP contribution in [0.5, 0.6) is 0 Å². The number of alkyl carbamates (subject to hydrolysis) is 1. The first-order valence-corrected chi connectivity index (χ1v) is 13.4. The van der Waals surface area contributed by atoms with Gasteiger partial charge in [-0.05, 0) is 46.2 Å². The molecule has 0 spiro atoms. The van der Waals surface area contributed by atoms with Crippen LogP contribution >= 0.6 is 11.8 Å². The quantitative estimate of drug-likeness (QED) is 0.237. The molecule has 0 unspecified atom stereocenters. The fourth-order valence-electron chi connectivity index (χ4n) is 3.52. The number of fused-ring (bicyclic) bond motifs is 1. The number of amides is 3. The molecule has 0 aliphatic rings. The van der Waals surface area contributed by atoms with Crippen molar-refractivity contribution in [2.24, 2.45) is 0 Å². The summed E-state index contributed by atoms with van der Waals surface area (Å²) >= 11 is 1.42. The molecule has 0 aliphatic heterocycles. The second-order valence-corrected chi connectivity index (χ2v) is 11.1. The van der Waals surface area contributed by atoms with E-state index in [9.17, 15) is 19.2 Å². The lowest BCUT2D eigenvalue weighted by atomic mass is 10.0. The maximum Gasteiger partial charge on any atom is 0.408 e. The predicted molar refractivity (Wildman–Crippen MR) is 149 cm³/mol. The molecule has 38 heavy (non-hydrogen) atoms. The van der Waals surface area contributed by atoms with Crippen molar-refractivity contribution in [3.8, 4) is 0 Å². The molecular weight excluding hydrogens is 508 g/mol. The molecule has 3 atom stereocenters. The predicted octanol–water partition coefficient (Wildman–Crippen LogP) is 3.08. The van der Waals surface area contributed by atoms with E-state index in [2.05, 4.69) is 27.5 Å². The van der Waals surface area contributed by atoms with E-state index >= 15 is 0 Å². The van der Waals surface area contributed by atoms with Crippen LogP contribution in [-0.2, 0) is 30.3 Å². The Balaban J connectivity index is 2.07. The van der Waals surface area contributed by atoms with Crippen LogP contribution in [0.15, 0.2) is 42.6 Å². The lowest BCUT2D eigenvalue weighted by molar-refractivity contribution is -0.145. The fourth-order valence-corrected chi connectivity index (χ4v) is 4.45. The highest BCUT2D eigenvalue weighted by Gasteiger charge is 2.29. The van der Waals surface area contributed by atoms with Crippen LogP contribution < -0.4 is 16.0 Å². The maximum absolute atomic E-state index is 13.0. The van der Waals surface area contributed by atoms with Crippen LogP contribution in [0.3, 0.4) is 0 Å². The van der Waals surface area contributed by atoms with Crippen molar-refractivity contribution in [2.75, 3.05) is 18.6 Å². The van der Waals surface area contributed by atoms with Gasteiger partial charge in [-0.3, -0.25) is 9.59 Å². The molecule has 0 saturated carbocycles. The van der Waals surface area contributed by atoms with E-state index in [0.717, 1.165) is 22.0 Å². The SMILES string of the molecule is C=C(C)CSC[C@H](NC(=O)OC(C)(C)C)C(=O)N[C@@H](C)C(=O)N[C@H](Cc1c[nH]c2ccccc12)C(=O)OC. The zero-order chi connectivity index (χ0) is 28.5. The van der Waals surface area contributed by atoms with Gasteiger partial charge in [-0.2, -0.15) is 11.8 Å². The molecule has 0 fully saturated rings. The minimum absolute atomic E-state index is 0.198. The van der Waals surface area contributed by atoms with Crippen LogP contribution in [0.1, 0.15) is 40.2 Å². The Bertz CT molecular complexity index is 1160. The highest BCUT2D eigenvalue weighted by molar-refractivity contribution is 7.99. The van der Waals surface area contributed by atoms with Gasteiger partial charge in [0.1, 0.15) is 23.7 Å². The molecule has 208 valence electrons. The summed E-state index contributed by atoms with van der Waals surface area (Å²) in [7, 11) is 1.25. The summed E-state index contributed by atoms with van der Waals surface area (Å²) in [5, 5.41) is 8.80. The van der Waals surface area contributed by atoms with Gasteiger partial charge in [-0.1, -0.05) is 30.4 Å². The van der Waals surface area contributed by atoms with Crippen molar-refractivity contribution in [2.45, 2.75) is 64.8 Å². The van der Waals surface area contributed by atoms with Crippen LogP contribution in [0.25, 0.3) is 10.9 Å². The number of H-pyrrole nitrogens is 1. The summed E-state index contributed by atoms with van der Waals surface area (Å²) in [4.78, 5) is 53.9. The van der Waals surface area contributed by atoms with E-state index in [1.165, 1.54) is 25.8 Å². The Morgan fingerprint density at radius 3 is 2.37 bits per heavy atom. The molecule has 1 aromatic carbocycles. The number of aromatic amines is 1. The van der Waals surface area contributed by atoms with Crippen molar-refractivity contribution in [3.63, 3.8) is 0 Å². The molecule has 11 heteroatoms. The fraction of sp³-hybridized carbons (Fsp3) is 0.481. The number of benzene rings is 1. The number of esters is 1. The first-order chi connectivity index (χ1) is 17.8. The third-order valence-electron chi connectivity index (χ3n) is 5.29. The van der Waals surface area contributed by atoms with Gasteiger partial charge in [0.25, 0.3) is 0 Å². The number of rotatable bonds is 12. The van der Waals surface area contributed by atoms with Crippen molar-refractivity contribution in [3.05, 3.63) is 48.2 Å². The molecule has 0 aliphatic carbocycles. The average molecular weight is 547 g/mol. The van der Waals surface area contributed by atoms with E-state index in [0.29, 0.717) is 5.75 Å². The third-order valence-corrected chi connectivity index (χ3v) is 6.56. The number of nitrogens with one attached hydrogen (secondary N) is 4. The zero-order valence-electron chi connectivity index (χ0n) is 22.8. The van der Waals surface area contributed by atoms with E-state index in [1.807, 2.05) is 31.2 Å². The molecule has 1 heterocycles. The number of carbonyl (C=O) groups is 4. The van der Waals surface area contributed by atoms with Crippen LogP contribution in [0, 0.1) is 0 Å². The third kappa shape index (κ3) is 9.77. The lowest BCUT2D eigenvalue weighted by Crippen LogP contribution is -2.56. The topological polar surface area (TPSA) is 139 Å². The standard InChI is InChI=1S/C27H38N4O6S/c1-16(2)14-38-15-22(31-26(35)37-27(4,5)6)24(33)29-17(3)23(32)30-21(25(34)36-7)12-18-13-28-20-11-9-8-10-19(18)20/h8-11,13,17,21-22,28H,1,12,14-15H2,2-7H3,(H,29,33)(H,30,32)(H,31,35)/t17-,21+,22-/m0/s1. The summed E-state index contributed by atoms with van der Waals surface area (Å²) in [5.74, 6) is -0.886. The average Bonchev–Trinajstić information content (AvgIpc) is 3.23. The van der Waals surface area contributed by atoms with Crippen molar-refractivity contribution in [1.29, 1.82) is 0 Å². The smallest absolute Gasteiger partial charge is 0.408 e. The number of hydrogen-bond acceptors (Lipinski definition) is 7. The number of methoxy groups -OCH3 is 1. The van der Waals surface area contributed by atoms with Gasteiger partial charge >= 0.3 is 12.1 Å². The Labute approximate surface area is 227 Å². The van der Waals surface area contributed by atoms with E-state index in [1.54, 1.807) is 27.0 Å². The summed E-state index contributed by atoms with van der Waals surface area (Å²) in [6.45, 7) is 12.4. The summed E-state index contributed by atoms with van der Waals surface area (Å²) < 4.78 is 10.2. The Morgan fingerprint density at radius 1 is 1.05 bits per heavy atom. The second kappa shape index (κ2) is 13.9. The van der Waals surface area contributed by atoms with Gasteiger partial charge in [-0.25, -0.2) is 9.59 Å². The molecule has 10 nitrogen and oxygen atoms in total. The first-order valence-electron chi connectivity index (χ1n) is 12.3. The van der Waals surface area contributed by atoms with Gasteiger partial charge in [0.2, 0.25) is 11.8 Å². The van der Waals surface area contributed by atoms with Gasteiger partial charge in [-0.15, -0.1) is 0 Å². The molecule has 3 amide bonds. The second-order valence-electron chi connectivity index (χ2n) is 10.0. The number of ether oxygens (including phenoxy) is 2. The normalized spacial score (nSPS) is 13.6. The first kappa shape index (κ1) is 30.8. The Hall–Kier alpha value is -3.47. The number of aromatic nitrogens is 1. The maximum atomic E-state index is 13.0. The number of thioether (sulfide) groups is 1. The summed E-state index contributed by atoms with van der Waals surface area (Å²) in [5.41, 5.74) is 1.93. The molecule has 2 rings (SSSR count). The minimum atomic E-state index is -0.994. The highest BCUT2D eigenvalue weighted by Crippen LogP contribution is 2.19. The van der Waals surface area contributed by atoms with Crippen molar-refractivity contribution in [1.82, 2.24) is 20.9 Å². The van der Waals surface area contributed by atoms with Gasteiger partial charge in [0, 0.05) is 35.0 Å².